The Bertz CT molecular complexity index is 1070. The van der Waals surface area contributed by atoms with E-state index in [1.165, 1.54) is 22.2 Å². The molecule has 3 heteroatoms. The first-order valence-electron chi connectivity index (χ1n) is 9.83. The zero-order chi connectivity index (χ0) is 19.5. The van der Waals surface area contributed by atoms with Crippen LogP contribution in [0.5, 0.6) is 5.75 Å². The van der Waals surface area contributed by atoms with Gasteiger partial charge in [-0.05, 0) is 62.6 Å². The van der Waals surface area contributed by atoms with Gasteiger partial charge in [-0.2, -0.15) is 0 Å². The van der Waals surface area contributed by atoms with E-state index in [0.29, 0.717) is 6.61 Å². The number of ether oxygens (including phenoxy) is 1. The molecule has 0 aliphatic heterocycles. The van der Waals surface area contributed by atoms with Crippen LogP contribution < -0.4 is 4.74 Å². The molecule has 1 heterocycles. The summed E-state index contributed by atoms with van der Waals surface area (Å²) in [4.78, 5) is 4.89. The molecule has 0 fully saturated rings. The van der Waals surface area contributed by atoms with Gasteiger partial charge in [0.1, 0.15) is 11.6 Å². The van der Waals surface area contributed by atoms with Crippen molar-refractivity contribution in [2.24, 2.45) is 0 Å². The highest BCUT2D eigenvalue weighted by molar-refractivity contribution is 5.80. The lowest BCUT2D eigenvalue weighted by molar-refractivity contribution is 0.302. The van der Waals surface area contributed by atoms with Gasteiger partial charge in [0.05, 0.1) is 17.6 Å². The van der Waals surface area contributed by atoms with Crippen molar-refractivity contribution in [2.45, 2.75) is 33.7 Å². The minimum Gasteiger partial charge on any atom is -0.494 e. The highest BCUT2D eigenvalue weighted by Gasteiger charge is 2.12. The molecule has 0 saturated heterocycles. The lowest BCUT2D eigenvalue weighted by Gasteiger charge is -2.11. The van der Waals surface area contributed by atoms with E-state index in [9.17, 15) is 0 Å². The largest absolute Gasteiger partial charge is 0.494 e. The van der Waals surface area contributed by atoms with E-state index in [-0.39, 0.29) is 0 Å². The van der Waals surface area contributed by atoms with Crippen LogP contribution in [0.4, 0.5) is 0 Å². The molecule has 28 heavy (non-hydrogen) atoms. The van der Waals surface area contributed by atoms with Gasteiger partial charge in [-0.3, -0.25) is 0 Å². The highest BCUT2D eigenvalue weighted by Crippen LogP contribution is 2.25. The number of aromatic nitrogens is 2. The van der Waals surface area contributed by atoms with Crippen LogP contribution in [0.2, 0.25) is 0 Å². The van der Waals surface area contributed by atoms with Crippen LogP contribution in [0.25, 0.3) is 22.4 Å². The molecule has 4 rings (SSSR count). The molecule has 0 saturated carbocycles. The van der Waals surface area contributed by atoms with Gasteiger partial charge < -0.3 is 9.30 Å². The Balaban J connectivity index is 1.54. The Labute approximate surface area is 166 Å². The van der Waals surface area contributed by atoms with Crippen molar-refractivity contribution in [1.29, 1.82) is 0 Å². The molecule has 0 bridgehead atoms. The Hall–Kier alpha value is -3.07. The molecule has 142 valence electrons. The first-order valence-corrected chi connectivity index (χ1v) is 9.83. The molecule has 0 aliphatic rings. The quantitative estimate of drug-likeness (QED) is 0.384. The highest BCUT2D eigenvalue weighted by atomic mass is 16.5. The van der Waals surface area contributed by atoms with Gasteiger partial charge in [0.15, 0.2) is 0 Å². The Kier molecular flexibility index (Phi) is 5.16. The van der Waals surface area contributed by atoms with Crippen molar-refractivity contribution in [1.82, 2.24) is 9.55 Å². The number of hydrogen-bond acceptors (Lipinski definition) is 2. The normalized spacial score (nSPS) is 11.1. The lowest BCUT2D eigenvalue weighted by Crippen LogP contribution is -2.06. The summed E-state index contributed by atoms with van der Waals surface area (Å²) in [5.41, 5.74) is 7.08. The third-order valence-electron chi connectivity index (χ3n) is 4.95. The van der Waals surface area contributed by atoms with Crippen LogP contribution in [-0.4, -0.2) is 16.2 Å². The molecule has 0 spiro atoms. The van der Waals surface area contributed by atoms with Crippen LogP contribution in [-0.2, 0) is 6.54 Å². The van der Waals surface area contributed by atoms with Crippen LogP contribution in [0.1, 0.15) is 23.1 Å². The van der Waals surface area contributed by atoms with E-state index < -0.39 is 0 Å². The summed E-state index contributed by atoms with van der Waals surface area (Å²) < 4.78 is 8.32. The number of benzene rings is 3. The molecule has 0 N–H and O–H groups in total. The summed E-state index contributed by atoms with van der Waals surface area (Å²) in [5.74, 6) is 1.97. The van der Waals surface area contributed by atoms with Gasteiger partial charge in [-0.1, -0.05) is 48.0 Å². The van der Waals surface area contributed by atoms with E-state index in [4.69, 9.17) is 9.72 Å². The Morgan fingerprint density at radius 2 is 1.54 bits per heavy atom. The van der Waals surface area contributed by atoms with E-state index >= 15 is 0 Å². The van der Waals surface area contributed by atoms with E-state index in [1.807, 2.05) is 6.07 Å². The molecular weight excluding hydrogens is 344 g/mol. The second-order valence-corrected chi connectivity index (χ2v) is 7.47. The van der Waals surface area contributed by atoms with Gasteiger partial charge >= 0.3 is 0 Å². The number of para-hydroxylation sites is 2. The van der Waals surface area contributed by atoms with Crippen LogP contribution >= 0.6 is 0 Å². The second-order valence-electron chi connectivity index (χ2n) is 7.47. The molecule has 4 aromatic rings. The molecule has 1 aromatic heterocycles. The lowest BCUT2D eigenvalue weighted by atomic mass is 10.1. The SMILES string of the molecule is Cc1ccc(-c2nc3ccccc3n2CCCOc2cc(C)cc(C)c2)cc1. The molecule has 3 nitrogen and oxygen atoms in total. The predicted octanol–water partition coefficient (Wildman–Crippen LogP) is 6.10. The van der Waals surface area contributed by atoms with Crippen LogP contribution in [0.3, 0.4) is 0 Å². The third kappa shape index (κ3) is 3.94. The fraction of sp³-hybridized carbons (Fsp3) is 0.240. The minimum atomic E-state index is 0.683. The number of nitrogens with zero attached hydrogens (tertiary/aromatic N) is 2. The van der Waals surface area contributed by atoms with Gasteiger partial charge in [-0.25, -0.2) is 4.98 Å². The van der Waals surface area contributed by atoms with Gasteiger partial charge in [0, 0.05) is 12.1 Å². The number of imidazole rings is 1. The zero-order valence-corrected chi connectivity index (χ0v) is 16.8. The predicted molar refractivity (Wildman–Crippen MR) is 116 cm³/mol. The number of hydrogen-bond donors (Lipinski definition) is 0. The molecular formula is C25H26N2O. The van der Waals surface area contributed by atoms with Crippen molar-refractivity contribution in [3.8, 4) is 17.1 Å². The zero-order valence-electron chi connectivity index (χ0n) is 16.8. The van der Waals surface area contributed by atoms with Crippen LogP contribution in [0.15, 0.2) is 66.7 Å². The average molecular weight is 370 g/mol. The monoisotopic (exact) mass is 370 g/mol. The summed E-state index contributed by atoms with van der Waals surface area (Å²) >= 11 is 0. The fourth-order valence-corrected chi connectivity index (χ4v) is 3.65. The van der Waals surface area contributed by atoms with Gasteiger partial charge in [-0.15, -0.1) is 0 Å². The summed E-state index contributed by atoms with van der Waals surface area (Å²) in [6.45, 7) is 7.87. The molecule has 3 aromatic carbocycles. The fourth-order valence-electron chi connectivity index (χ4n) is 3.65. The maximum absolute atomic E-state index is 6.01. The average Bonchev–Trinajstić information content (AvgIpc) is 3.04. The second kappa shape index (κ2) is 7.89. The Morgan fingerprint density at radius 1 is 0.821 bits per heavy atom. The first-order chi connectivity index (χ1) is 13.6. The molecule has 0 aliphatic carbocycles. The van der Waals surface area contributed by atoms with Gasteiger partial charge in [0.2, 0.25) is 0 Å². The van der Waals surface area contributed by atoms with Crippen molar-refractivity contribution < 1.29 is 4.74 Å². The summed E-state index contributed by atoms with van der Waals surface area (Å²) in [5, 5.41) is 0. The van der Waals surface area contributed by atoms with E-state index in [1.54, 1.807) is 0 Å². The third-order valence-corrected chi connectivity index (χ3v) is 4.95. The Morgan fingerprint density at radius 3 is 2.29 bits per heavy atom. The smallest absolute Gasteiger partial charge is 0.141 e. The molecule has 0 amide bonds. The topological polar surface area (TPSA) is 27.1 Å². The van der Waals surface area contributed by atoms with Crippen molar-refractivity contribution in [2.75, 3.05) is 6.61 Å². The maximum Gasteiger partial charge on any atom is 0.141 e. The maximum atomic E-state index is 6.01. The van der Waals surface area contributed by atoms with E-state index in [2.05, 4.69) is 86.0 Å². The number of rotatable bonds is 6. The van der Waals surface area contributed by atoms with Crippen LogP contribution in [0, 0.1) is 20.8 Å². The van der Waals surface area contributed by atoms with Gasteiger partial charge in [0.25, 0.3) is 0 Å². The number of aryl methyl sites for hydroxylation is 4. The van der Waals surface area contributed by atoms with E-state index in [0.717, 1.165) is 35.6 Å². The molecule has 0 atom stereocenters. The summed E-state index contributed by atoms with van der Waals surface area (Å²) in [6, 6.07) is 23.3. The summed E-state index contributed by atoms with van der Waals surface area (Å²) in [7, 11) is 0. The van der Waals surface area contributed by atoms with Crippen molar-refractivity contribution in [3.05, 3.63) is 83.4 Å². The minimum absolute atomic E-state index is 0.683. The summed E-state index contributed by atoms with van der Waals surface area (Å²) in [6.07, 6.45) is 0.923. The molecule has 0 unspecified atom stereocenters. The van der Waals surface area contributed by atoms with Crippen molar-refractivity contribution in [3.63, 3.8) is 0 Å². The van der Waals surface area contributed by atoms with Crippen molar-refractivity contribution >= 4 is 11.0 Å². The standard InChI is InChI=1S/C25H26N2O/c1-18-9-11-21(12-10-18)25-26-23-7-4-5-8-24(23)27(25)13-6-14-28-22-16-19(2)15-20(3)17-22/h4-5,7-12,15-17H,6,13-14H2,1-3H3. The molecule has 0 radical (unpaired) electrons. The number of fused-ring (bicyclic) bond motifs is 1. The first kappa shape index (κ1) is 18.3.